The highest BCUT2D eigenvalue weighted by atomic mass is 19.1. The lowest BCUT2D eigenvalue weighted by atomic mass is 9.88. The van der Waals surface area contributed by atoms with Gasteiger partial charge in [-0.3, -0.25) is 4.79 Å². The van der Waals surface area contributed by atoms with Crippen molar-refractivity contribution in [2.24, 2.45) is 11.7 Å². The molecule has 1 aromatic rings. The predicted molar refractivity (Wildman–Crippen MR) is 68.4 cm³/mol. The van der Waals surface area contributed by atoms with Crippen molar-refractivity contribution < 1.29 is 19.0 Å². The van der Waals surface area contributed by atoms with Crippen LogP contribution in [0.5, 0.6) is 5.75 Å². The molecule has 104 valence electrons. The van der Waals surface area contributed by atoms with Crippen LogP contribution < -0.4 is 10.5 Å². The van der Waals surface area contributed by atoms with E-state index in [9.17, 15) is 9.18 Å². The van der Waals surface area contributed by atoms with Crippen molar-refractivity contribution in [2.75, 3.05) is 6.61 Å². The van der Waals surface area contributed by atoms with Gasteiger partial charge in [-0.1, -0.05) is 0 Å². The van der Waals surface area contributed by atoms with Crippen molar-refractivity contribution in [1.82, 2.24) is 0 Å². The molecule has 0 saturated heterocycles. The lowest BCUT2D eigenvalue weighted by molar-refractivity contribution is 0.0994. The van der Waals surface area contributed by atoms with Gasteiger partial charge in [-0.15, -0.1) is 0 Å². The minimum Gasteiger partial charge on any atom is -0.487 e. The summed E-state index contributed by atoms with van der Waals surface area (Å²) in [6, 6.07) is 3.99. The van der Waals surface area contributed by atoms with E-state index >= 15 is 0 Å². The zero-order valence-electron chi connectivity index (χ0n) is 10.6. The highest BCUT2D eigenvalue weighted by Gasteiger charge is 2.22. The molecule has 0 aliphatic heterocycles. The lowest BCUT2D eigenvalue weighted by Crippen LogP contribution is -2.26. The van der Waals surface area contributed by atoms with Crippen LogP contribution in [0.15, 0.2) is 18.2 Å². The van der Waals surface area contributed by atoms with Gasteiger partial charge in [-0.25, -0.2) is 4.39 Å². The highest BCUT2D eigenvalue weighted by Crippen LogP contribution is 2.28. The number of aliphatic hydroxyl groups excluding tert-OH is 1. The number of carbonyl (C=O) groups excluding carboxylic acids is 1. The van der Waals surface area contributed by atoms with E-state index < -0.39 is 11.7 Å². The topological polar surface area (TPSA) is 72.6 Å². The molecule has 3 N–H and O–H groups in total. The van der Waals surface area contributed by atoms with Gasteiger partial charge < -0.3 is 15.6 Å². The molecular formula is C14H18FNO3. The zero-order chi connectivity index (χ0) is 13.8. The number of benzene rings is 1. The van der Waals surface area contributed by atoms with Crippen molar-refractivity contribution in [3.63, 3.8) is 0 Å². The molecule has 1 aliphatic carbocycles. The van der Waals surface area contributed by atoms with Gasteiger partial charge in [-0.05, 0) is 49.8 Å². The van der Waals surface area contributed by atoms with Gasteiger partial charge in [0.15, 0.2) is 11.6 Å². The molecule has 1 saturated carbocycles. The van der Waals surface area contributed by atoms with Gasteiger partial charge in [-0.2, -0.15) is 0 Å². The number of amides is 1. The second kappa shape index (κ2) is 6.02. The standard InChI is InChI=1S/C14H18FNO3/c15-12-7-10(14(16)18)3-6-13(12)19-11-4-1-9(8-17)2-5-11/h3,6-7,9,11,17H,1-2,4-5,8H2,(H2,16,18). The molecular weight excluding hydrogens is 249 g/mol. The molecule has 0 heterocycles. The summed E-state index contributed by atoms with van der Waals surface area (Å²) in [6.07, 6.45) is 3.37. The number of rotatable bonds is 4. The van der Waals surface area contributed by atoms with Crippen LogP contribution in [0.25, 0.3) is 0 Å². The molecule has 1 fully saturated rings. The quantitative estimate of drug-likeness (QED) is 0.874. The second-order valence-corrected chi connectivity index (χ2v) is 4.95. The largest absolute Gasteiger partial charge is 0.487 e. The van der Waals surface area contributed by atoms with E-state index in [0.717, 1.165) is 31.7 Å². The summed E-state index contributed by atoms with van der Waals surface area (Å²) in [5.41, 5.74) is 5.21. The Morgan fingerprint density at radius 1 is 1.37 bits per heavy atom. The first-order valence-electron chi connectivity index (χ1n) is 6.47. The Bertz CT molecular complexity index is 456. The van der Waals surface area contributed by atoms with E-state index in [0.29, 0.717) is 5.92 Å². The molecule has 0 bridgehead atoms. The molecule has 19 heavy (non-hydrogen) atoms. The van der Waals surface area contributed by atoms with Crippen LogP contribution >= 0.6 is 0 Å². The Morgan fingerprint density at radius 2 is 2.05 bits per heavy atom. The van der Waals surface area contributed by atoms with Crippen LogP contribution in [0.1, 0.15) is 36.0 Å². The van der Waals surface area contributed by atoms with Crippen molar-refractivity contribution >= 4 is 5.91 Å². The van der Waals surface area contributed by atoms with Crippen LogP contribution in [-0.2, 0) is 0 Å². The van der Waals surface area contributed by atoms with Gasteiger partial charge in [0.2, 0.25) is 5.91 Å². The van der Waals surface area contributed by atoms with Crippen molar-refractivity contribution in [2.45, 2.75) is 31.8 Å². The Labute approximate surface area is 111 Å². The monoisotopic (exact) mass is 267 g/mol. The van der Waals surface area contributed by atoms with Crippen LogP contribution in [-0.4, -0.2) is 23.7 Å². The van der Waals surface area contributed by atoms with Crippen LogP contribution in [0.2, 0.25) is 0 Å². The fourth-order valence-electron chi connectivity index (χ4n) is 2.36. The Morgan fingerprint density at radius 3 is 2.58 bits per heavy atom. The second-order valence-electron chi connectivity index (χ2n) is 4.95. The molecule has 0 spiro atoms. The molecule has 0 radical (unpaired) electrons. The summed E-state index contributed by atoms with van der Waals surface area (Å²) >= 11 is 0. The number of nitrogens with two attached hydrogens (primary N) is 1. The van der Waals surface area contributed by atoms with Crippen LogP contribution in [0.3, 0.4) is 0 Å². The predicted octanol–water partition coefficient (Wildman–Crippen LogP) is 1.85. The number of carbonyl (C=O) groups is 1. The number of aliphatic hydroxyl groups is 1. The Hall–Kier alpha value is -1.62. The van der Waals surface area contributed by atoms with Gasteiger partial charge >= 0.3 is 0 Å². The first kappa shape index (κ1) is 13.8. The van der Waals surface area contributed by atoms with Gasteiger partial charge in [0, 0.05) is 12.2 Å². The number of hydrogen-bond donors (Lipinski definition) is 2. The summed E-state index contributed by atoms with van der Waals surface area (Å²) in [7, 11) is 0. The summed E-state index contributed by atoms with van der Waals surface area (Å²) in [5, 5.41) is 9.05. The maximum atomic E-state index is 13.7. The van der Waals surface area contributed by atoms with E-state index in [1.807, 2.05) is 0 Å². The number of hydrogen-bond acceptors (Lipinski definition) is 3. The lowest BCUT2D eigenvalue weighted by Gasteiger charge is -2.28. The van der Waals surface area contributed by atoms with E-state index in [1.165, 1.54) is 12.1 Å². The van der Waals surface area contributed by atoms with E-state index in [2.05, 4.69) is 0 Å². The van der Waals surface area contributed by atoms with E-state index in [-0.39, 0.29) is 24.0 Å². The van der Waals surface area contributed by atoms with Gasteiger partial charge in [0.05, 0.1) is 6.10 Å². The summed E-state index contributed by atoms with van der Waals surface area (Å²) in [4.78, 5) is 10.9. The fourth-order valence-corrected chi connectivity index (χ4v) is 2.36. The average Bonchev–Trinajstić information content (AvgIpc) is 2.41. The average molecular weight is 267 g/mol. The number of ether oxygens (including phenoxy) is 1. The smallest absolute Gasteiger partial charge is 0.248 e. The molecule has 5 heteroatoms. The van der Waals surface area contributed by atoms with E-state index in [1.54, 1.807) is 0 Å². The molecule has 0 aromatic heterocycles. The Balaban J connectivity index is 1.98. The molecule has 1 aliphatic rings. The molecule has 2 rings (SSSR count). The van der Waals surface area contributed by atoms with Gasteiger partial charge in [0.1, 0.15) is 0 Å². The molecule has 0 atom stereocenters. The minimum atomic E-state index is -0.658. The number of primary amides is 1. The fraction of sp³-hybridized carbons (Fsp3) is 0.500. The highest BCUT2D eigenvalue weighted by molar-refractivity contribution is 5.92. The summed E-state index contributed by atoms with van der Waals surface area (Å²) < 4.78 is 19.3. The maximum absolute atomic E-state index is 13.7. The van der Waals surface area contributed by atoms with Crippen molar-refractivity contribution in [1.29, 1.82) is 0 Å². The van der Waals surface area contributed by atoms with Crippen LogP contribution in [0.4, 0.5) is 4.39 Å². The third-order valence-corrected chi connectivity index (χ3v) is 3.56. The number of halogens is 1. The first-order chi connectivity index (χ1) is 9.10. The normalized spacial score (nSPS) is 23.1. The third-order valence-electron chi connectivity index (χ3n) is 3.56. The van der Waals surface area contributed by atoms with Crippen LogP contribution in [0, 0.1) is 11.7 Å². The van der Waals surface area contributed by atoms with Gasteiger partial charge in [0.25, 0.3) is 0 Å². The minimum absolute atomic E-state index is 0.0308. The first-order valence-corrected chi connectivity index (χ1v) is 6.47. The molecule has 1 amide bonds. The Kier molecular flexibility index (Phi) is 4.37. The molecule has 4 nitrogen and oxygen atoms in total. The SMILES string of the molecule is NC(=O)c1ccc(OC2CCC(CO)CC2)c(F)c1. The maximum Gasteiger partial charge on any atom is 0.248 e. The summed E-state index contributed by atoms with van der Waals surface area (Å²) in [5.74, 6) is -0.742. The van der Waals surface area contributed by atoms with E-state index in [4.69, 9.17) is 15.6 Å². The summed E-state index contributed by atoms with van der Waals surface area (Å²) in [6.45, 7) is 0.203. The third kappa shape index (κ3) is 3.44. The van der Waals surface area contributed by atoms with Crippen molar-refractivity contribution in [3.05, 3.63) is 29.6 Å². The molecule has 0 unspecified atom stereocenters. The van der Waals surface area contributed by atoms with Crippen molar-refractivity contribution in [3.8, 4) is 5.75 Å². The zero-order valence-corrected chi connectivity index (χ0v) is 10.6. The molecule has 1 aromatic carbocycles.